The minimum Gasteiger partial charge on any atom is -0.507 e. The molecule has 0 aliphatic heterocycles. The van der Waals surface area contributed by atoms with Crippen LogP contribution in [0.3, 0.4) is 0 Å². The summed E-state index contributed by atoms with van der Waals surface area (Å²) in [5.74, 6) is -2.22. The lowest BCUT2D eigenvalue weighted by Gasteiger charge is -2.21. The van der Waals surface area contributed by atoms with Crippen molar-refractivity contribution in [1.82, 2.24) is 4.57 Å². The predicted octanol–water partition coefficient (Wildman–Crippen LogP) is 1.66. The molecule has 0 aliphatic rings. The van der Waals surface area contributed by atoms with Crippen LogP contribution in [0.25, 0.3) is 0 Å². The Hall–Kier alpha value is -3.49. The van der Waals surface area contributed by atoms with Gasteiger partial charge in [-0.1, -0.05) is 6.07 Å². The van der Waals surface area contributed by atoms with E-state index in [9.17, 15) is 19.5 Å². The maximum atomic E-state index is 13.0. The summed E-state index contributed by atoms with van der Waals surface area (Å²) in [6.07, 6.45) is -0.245. The quantitative estimate of drug-likeness (QED) is 0.636. The van der Waals surface area contributed by atoms with Crippen molar-refractivity contribution in [3.05, 3.63) is 51.4 Å². The Labute approximate surface area is 167 Å². The van der Waals surface area contributed by atoms with Gasteiger partial charge in [0.05, 0.1) is 33.3 Å². The number of methoxy groups -OCH3 is 3. The molecule has 2 rings (SSSR count). The van der Waals surface area contributed by atoms with Crippen molar-refractivity contribution in [2.45, 2.75) is 25.8 Å². The molecule has 0 bridgehead atoms. The fraction of sp³-hybridized carbons (Fsp3) is 0.350. The number of nitrogens with zero attached hydrogens (tertiary/aromatic N) is 1. The Morgan fingerprint density at radius 2 is 1.76 bits per heavy atom. The molecule has 0 spiro atoms. The van der Waals surface area contributed by atoms with Gasteiger partial charge in [-0.15, -0.1) is 0 Å². The van der Waals surface area contributed by atoms with Gasteiger partial charge in [0, 0.05) is 11.6 Å². The molecule has 156 valence electrons. The van der Waals surface area contributed by atoms with Crippen molar-refractivity contribution in [3.63, 3.8) is 0 Å². The van der Waals surface area contributed by atoms with Gasteiger partial charge in [0.2, 0.25) is 0 Å². The van der Waals surface area contributed by atoms with Crippen LogP contribution in [0.4, 0.5) is 0 Å². The van der Waals surface area contributed by atoms with Gasteiger partial charge in [-0.2, -0.15) is 0 Å². The van der Waals surface area contributed by atoms with Crippen LogP contribution in [0.5, 0.6) is 17.2 Å². The first-order chi connectivity index (χ1) is 13.7. The Balaban J connectivity index is 2.73. The van der Waals surface area contributed by atoms with Crippen LogP contribution < -0.4 is 15.0 Å². The molecule has 29 heavy (non-hydrogen) atoms. The lowest BCUT2D eigenvalue weighted by atomic mass is 9.88. The number of aliphatic carboxylic acids is 1. The fourth-order valence-electron chi connectivity index (χ4n) is 3.13. The monoisotopic (exact) mass is 405 g/mol. The molecule has 9 heteroatoms. The SMILES string of the molecule is COC(=O)CC(c1ccc(OC)c(OC)c1)c1c(O)cc(C)n(CC(=O)O)c1=O. The van der Waals surface area contributed by atoms with Crippen molar-refractivity contribution in [2.24, 2.45) is 0 Å². The first-order valence-electron chi connectivity index (χ1n) is 8.67. The number of aromatic nitrogens is 1. The third-order valence-corrected chi connectivity index (χ3v) is 4.57. The fourth-order valence-corrected chi connectivity index (χ4v) is 3.13. The highest BCUT2D eigenvalue weighted by Crippen LogP contribution is 2.37. The number of carboxylic acid groups (broad SMARTS) is 1. The molecule has 2 N–H and O–H groups in total. The van der Waals surface area contributed by atoms with Gasteiger partial charge in [-0.3, -0.25) is 14.4 Å². The zero-order valence-electron chi connectivity index (χ0n) is 16.6. The second kappa shape index (κ2) is 9.13. The van der Waals surface area contributed by atoms with Gasteiger partial charge >= 0.3 is 11.9 Å². The molecule has 1 aromatic carbocycles. The van der Waals surface area contributed by atoms with Crippen LogP contribution in [0.2, 0.25) is 0 Å². The molecule has 9 nitrogen and oxygen atoms in total. The Morgan fingerprint density at radius 3 is 2.31 bits per heavy atom. The number of carbonyl (C=O) groups excluding carboxylic acids is 1. The first-order valence-corrected chi connectivity index (χ1v) is 8.67. The third-order valence-electron chi connectivity index (χ3n) is 4.57. The Bertz CT molecular complexity index is 979. The number of aryl methyl sites for hydroxylation is 1. The Morgan fingerprint density at radius 1 is 1.10 bits per heavy atom. The molecule has 2 aromatic rings. The van der Waals surface area contributed by atoms with E-state index in [-0.39, 0.29) is 23.4 Å². The number of esters is 1. The summed E-state index contributed by atoms with van der Waals surface area (Å²) in [6.45, 7) is 0.939. The van der Waals surface area contributed by atoms with Gasteiger partial charge in [0.25, 0.3) is 5.56 Å². The van der Waals surface area contributed by atoms with Crippen LogP contribution in [0.1, 0.15) is 29.2 Å². The third kappa shape index (κ3) is 4.68. The van der Waals surface area contributed by atoms with Crippen LogP contribution in [-0.4, -0.2) is 48.0 Å². The van der Waals surface area contributed by atoms with Gasteiger partial charge in [-0.05, 0) is 30.7 Å². The number of rotatable bonds is 8. The molecule has 1 heterocycles. The maximum Gasteiger partial charge on any atom is 0.323 e. The second-order valence-electron chi connectivity index (χ2n) is 6.32. The van der Waals surface area contributed by atoms with Crippen molar-refractivity contribution < 1.29 is 34.0 Å². The molecule has 0 saturated carbocycles. The number of benzene rings is 1. The molecule has 0 radical (unpaired) electrons. The van der Waals surface area contributed by atoms with Gasteiger partial charge in [-0.25, -0.2) is 0 Å². The number of pyridine rings is 1. The van der Waals surface area contributed by atoms with Crippen molar-refractivity contribution in [1.29, 1.82) is 0 Å². The predicted molar refractivity (Wildman–Crippen MR) is 103 cm³/mol. The number of hydrogen-bond acceptors (Lipinski definition) is 7. The van der Waals surface area contributed by atoms with E-state index < -0.39 is 30.0 Å². The number of aromatic hydroxyl groups is 1. The van der Waals surface area contributed by atoms with Gasteiger partial charge in [0.1, 0.15) is 12.3 Å². The minimum absolute atomic E-state index is 0.102. The van der Waals surface area contributed by atoms with E-state index in [4.69, 9.17) is 19.3 Å². The summed E-state index contributed by atoms with van der Waals surface area (Å²) in [7, 11) is 4.13. The van der Waals surface area contributed by atoms with Crippen molar-refractivity contribution in [3.8, 4) is 17.2 Å². The van der Waals surface area contributed by atoms with Crippen LogP contribution in [0, 0.1) is 6.92 Å². The second-order valence-corrected chi connectivity index (χ2v) is 6.32. The normalized spacial score (nSPS) is 11.6. The molecule has 1 unspecified atom stereocenters. The summed E-state index contributed by atoms with van der Waals surface area (Å²) in [6, 6.07) is 6.13. The lowest BCUT2D eigenvalue weighted by molar-refractivity contribution is -0.141. The number of carboxylic acids is 1. The lowest BCUT2D eigenvalue weighted by Crippen LogP contribution is -2.30. The summed E-state index contributed by atoms with van der Waals surface area (Å²) in [5.41, 5.74) is -0.0305. The molecule has 0 fully saturated rings. The first kappa shape index (κ1) is 21.8. The molecular formula is C20H23NO8. The van der Waals surface area contributed by atoms with Crippen molar-refractivity contribution in [2.75, 3.05) is 21.3 Å². The average Bonchev–Trinajstić information content (AvgIpc) is 2.69. The van der Waals surface area contributed by atoms with E-state index in [2.05, 4.69) is 0 Å². The summed E-state index contributed by atoms with van der Waals surface area (Å²) < 4.78 is 16.3. The number of hydrogen-bond donors (Lipinski definition) is 2. The molecule has 0 amide bonds. The van der Waals surface area contributed by atoms with Gasteiger partial charge < -0.3 is 29.0 Å². The number of ether oxygens (including phenoxy) is 3. The van der Waals surface area contributed by atoms with Crippen LogP contribution in [0.15, 0.2) is 29.1 Å². The zero-order chi connectivity index (χ0) is 21.7. The molecule has 0 aliphatic carbocycles. The molecule has 1 atom stereocenters. The van der Waals surface area contributed by atoms with E-state index in [0.717, 1.165) is 4.57 Å². The van der Waals surface area contributed by atoms with Crippen LogP contribution in [-0.2, 0) is 20.9 Å². The topological polar surface area (TPSA) is 124 Å². The summed E-state index contributed by atoms with van der Waals surface area (Å²) >= 11 is 0. The zero-order valence-corrected chi connectivity index (χ0v) is 16.6. The molecule has 0 saturated heterocycles. The van der Waals surface area contributed by atoms with Crippen LogP contribution >= 0.6 is 0 Å². The summed E-state index contributed by atoms with van der Waals surface area (Å²) in [5, 5.41) is 19.6. The van der Waals surface area contributed by atoms with E-state index in [1.54, 1.807) is 18.2 Å². The van der Waals surface area contributed by atoms with Gasteiger partial charge in [0.15, 0.2) is 11.5 Å². The Kier molecular flexibility index (Phi) is 6.87. The van der Waals surface area contributed by atoms with E-state index in [1.807, 2.05) is 0 Å². The number of carbonyl (C=O) groups is 2. The summed E-state index contributed by atoms with van der Waals surface area (Å²) in [4.78, 5) is 36.2. The highest BCUT2D eigenvalue weighted by molar-refractivity contribution is 5.72. The molecular weight excluding hydrogens is 382 g/mol. The van der Waals surface area contributed by atoms with E-state index >= 15 is 0 Å². The minimum atomic E-state index is -1.21. The van der Waals surface area contributed by atoms with E-state index in [1.165, 1.54) is 34.3 Å². The standard InChI is InChI=1S/C20H23NO8/c1-11-7-14(22)19(20(26)21(11)10-17(23)24)13(9-18(25)29-4)12-5-6-15(27-2)16(8-12)28-3/h5-8,13,22H,9-10H2,1-4H3,(H,23,24). The van der Waals surface area contributed by atoms with Crippen molar-refractivity contribution >= 4 is 11.9 Å². The largest absolute Gasteiger partial charge is 0.507 e. The maximum absolute atomic E-state index is 13.0. The highest BCUT2D eigenvalue weighted by atomic mass is 16.5. The average molecular weight is 405 g/mol. The smallest absolute Gasteiger partial charge is 0.323 e. The highest BCUT2D eigenvalue weighted by Gasteiger charge is 2.27. The molecule has 1 aromatic heterocycles. The van der Waals surface area contributed by atoms with E-state index in [0.29, 0.717) is 17.1 Å².